The highest BCUT2D eigenvalue weighted by molar-refractivity contribution is 9.10. The third-order valence-corrected chi connectivity index (χ3v) is 3.44. The van der Waals surface area contributed by atoms with Gasteiger partial charge in [0, 0.05) is 5.56 Å². The largest absolute Gasteiger partial charge is 0.492 e. The second-order valence-electron chi connectivity index (χ2n) is 4.28. The van der Waals surface area contributed by atoms with E-state index < -0.39 is 0 Å². The minimum absolute atomic E-state index is 0.0743. The molecule has 0 spiro atoms. The van der Waals surface area contributed by atoms with E-state index in [1.165, 1.54) is 12.8 Å². The lowest BCUT2D eigenvalue weighted by atomic mass is 10.1. The van der Waals surface area contributed by atoms with Gasteiger partial charge in [0.2, 0.25) is 0 Å². The maximum absolute atomic E-state index is 11.2. The van der Waals surface area contributed by atoms with Crippen LogP contribution in [0.15, 0.2) is 22.7 Å². The smallest absolute Gasteiger partial charge is 0.159 e. The lowest BCUT2D eigenvalue weighted by Gasteiger charge is -2.08. The number of hydrogen-bond acceptors (Lipinski definition) is 2. The van der Waals surface area contributed by atoms with E-state index in [-0.39, 0.29) is 5.78 Å². The van der Waals surface area contributed by atoms with E-state index in [1.807, 2.05) is 12.1 Å². The summed E-state index contributed by atoms with van der Waals surface area (Å²) in [5.41, 5.74) is 0.710. The summed E-state index contributed by atoms with van der Waals surface area (Å²) in [6.07, 6.45) is 3.85. The Morgan fingerprint density at radius 1 is 1.50 bits per heavy atom. The molecule has 0 aliphatic heterocycles. The van der Waals surface area contributed by atoms with E-state index >= 15 is 0 Å². The molecule has 1 aliphatic rings. The molecular formula is C13H15BrO2. The van der Waals surface area contributed by atoms with Crippen molar-refractivity contribution in [2.45, 2.75) is 26.2 Å². The third-order valence-electron chi connectivity index (χ3n) is 2.82. The van der Waals surface area contributed by atoms with Crippen LogP contribution in [-0.4, -0.2) is 12.4 Å². The molecule has 86 valence electrons. The van der Waals surface area contributed by atoms with Crippen molar-refractivity contribution in [2.24, 2.45) is 5.92 Å². The predicted octanol–water partition coefficient (Wildman–Crippen LogP) is 3.83. The molecule has 1 aliphatic carbocycles. The molecule has 0 N–H and O–H groups in total. The van der Waals surface area contributed by atoms with Crippen molar-refractivity contribution in [1.29, 1.82) is 0 Å². The fourth-order valence-electron chi connectivity index (χ4n) is 1.58. The second kappa shape index (κ2) is 5.00. The van der Waals surface area contributed by atoms with E-state index in [9.17, 15) is 4.79 Å². The van der Waals surface area contributed by atoms with Gasteiger partial charge in [0.15, 0.2) is 5.78 Å². The SMILES string of the molecule is CC(=O)c1ccc(OCCC2CC2)c(Br)c1. The summed E-state index contributed by atoms with van der Waals surface area (Å²) in [5, 5.41) is 0. The number of carbonyl (C=O) groups excluding carboxylic acids is 1. The predicted molar refractivity (Wildman–Crippen MR) is 67.0 cm³/mol. The standard InChI is InChI=1S/C13H15BrO2/c1-9(15)11-4-5-13(12(14)8-11)16-7-6-10-2-3-10/h4-5,8,10H,2-3,6-7H2,1H3. The summed E-state index contributed by atoms with van der Waals surface area (Å²) in [7, 11) is 0. The quantitative estimate of drug-likeness (QED) is 0.768. The Morgan fingerprint density at radius 3 is 2.81 bits per heavy atom. The lowest BCUT2D eigenvalue weighted by molar-refractivity contribution is 0.101. The van der Waals surface area contributed by atoms with Gasteiger partial charge in [-0.2, -0.15) is 0 Å². The highest BCUT2D eigenvalue weighted by atomic mass is 79.9. The van der Waals surface area contributed by atoms with Crippen LogP contribution in [0.4, 0.5) is 0 Å². The van der Waals surface area contributed by atoms with E-state index in [2.05, 4.69) is 15.9 Å². The van der Waals surface area contributed by atoms with E-state index in [0.717, 1.165) is 29.2 Å². The summed E-state index contributed by atoms with van der Waals surface area (Å²) in [5.74, 6) is 1.78. The first-order valence-electron chi connectivity index (χ1n) is 5.60. The molecular weight excluding hydrogens is 268 g/mol. The van der Waals surface area contributed by atoms with Crippen molar-refractivity contribution >= 4 is 21.7 Å². The van der Waals surface area contributed by atoms with Crippen molar-refractivity contribution in [3.63, 3.8) is 0 Å². The minimum Gasteiger partial charge on any atom is -0.492 e. The molecule has 0 unspecified atom stereocenters. The molecule has 2 nitrogen and oxygen atoms in total. The van der Waals surface area contributed by atoms with Gasteiger partial charge >= 0.3 is 0 Å². The molecule has 1 aromatic carbocycles. The molecule has 0 radical (unpaired) electrons. The van der Waals surface area contributed by atoms with Crippen LogP contribution in [0.1, 0.15) is 36.5 Å². The number of Topliss-reactive ketones (excluding diaryl/α,β-unsaturated/α-hetero) is 1. The Kier molecular flexibility index (Phi) is 3.64. The summed E-state index contributed by atoms with van der Waals surface area (Å²) < 4.78 is 6.52. The first kappa shape index (κ1) is 11.6. The molecule has 0 atom stereocenters. The van der Waals surface area contributed by atoms with Gasteiger partial charge in [0.05, 0.1) is 11.1 Å². The highest BCUT2D eigenvalue weighted by Gasteiger charge is 2.20. The number of ether oxygens (including phenoxy) is 1. The van der Waals surface area contributed by atoms with Crippen LogP contribution < -0.4 is 4.74 Å². The fourth-order valence-corrected chi connectivity index (χ4v) is 2.07. The second-order valence-corrected chi connectivity index (χ2v) is 5.14. The monoisotopic (exact) mass is 282 g/mol. The molecule has 0 amide bonds. The number of hydrogen-bond donors (Lipinski definition) is 0. The molecule has 0 heterocycles. The average Bonchev–Trinajstić information content (AvgIpc) is 3.04. The van der Waals surface area contributed by atoms with E-state index in [4.69, 9.17) is 4.74 Å². The number of halogens is 1. The molecule has 0 bridgehead atoms. The van der Waals surface area contributed by atoms with Crippen molar-refractivity contribution in [3.8, 4) is 5.75 Å². The van der Waals surface area contributed by atoms with Gasteiger partial charge in [-0.25, -0.2) is 0 Å². The van der Waals surface area contributed by atoms with Gasteiger partial charge < -0.3 is 4.74 Å². The summed E-state index contributed by atoms with van der Waals surface area (Å²) in [4.78, 5) is 11.2. The number of ketones is 1. The molecule has 3 heteroatoms. The Labute approximate surface area is 104 Å². The average molecular weight is 283 g/mol. The third kappa shape index (κ3) is 3.08. The van der Waals surface area contributed by atoms with Crippen LogP contribution in [0.3, 0.4) is 0 Å². The Hall–Kier alpha value is -0.830. The fraction of sp³-hybridized carbons (Fsp3) is 0.462. The minimum atomic E-state index is 0.0743. The molecule has 16 heavy (non-hydrogen) atoms. The zero-order chi connectivity index (χ0) is 11.5. The van der Waals surface area contributed by atoms with Crippen LogP contribution >= 0.6 is 15.9 Å². The van der Waals surface area contributed by atoms with Crippen molar-refractivity contribution in [1.82, 2.24) is 0 Å². The van der Waals surface area contributed by atoms with Crippen LogP contribution in [-0.2, 0) is 0 Å². The van der Waals surface area contributed by atoms with Gasteiger partial charge in [-0.3, -0.25) is 4.79 Å². The van der Waals surface area contributed by atoms with Gasteiger partial charge in [-0.15, -0.1) is 0 Å². The summed E-state index contributed by atoms with van der Waals surface area (Å²) in [6, 6.07) is 5.47. The molecule has 2 rings (SSSR count). The first-order valence-corrected chi connectivity index (χ1v) is 6.39. The molecule has 0 saturated heterocycles. The van der Waals surface area contributed by atoms with Crippen molar-refractivity contribution in [3.05, 3.63) is 28.2 Å². The highest BCUT2D eigenvalue weighted by Crippen LogP contribution is 2.33. The molecule has 1 saturated carbocycles. The van der Waals surface area contributed by atoms with Crippen molar-refractivity contribution in [2.75, 3.05) is 6.61 Å². The number of benzene rings is 1. The molecule has 1 fully saturated rings. The Bertz CT molecular complexity index is 397. The van der Waals surface area contributed by atoms with Crippen LogP contribution in [0.25, 0.3) is 0 Å². The lowest BCUT2D eigenvalue weighted by Crippen LogP contribution is -2.00. The van der Waals surface area contributed by atoms with Crippen LogP contribution in [0.2, 0.25) is 0 Å². The maximum atomic E-state index is 11.2. The van der Waals surface area contributed by atoms with Gasteiger partial charge in [0.25, 0.3) is 0 Å². The summed E-state index contributed by atoms with van der Waals surface area (Å²) >= 11 is 3.42. The Morgan fingerprint density at radius 2 is 2.25 bits per heavy atom. The number of rotatable bonds is 5. The van der Waals surface area contributed by atoms with Gasteiger partial charge in [-0.05, 0) is 53.4 Å². The van der Waals surface area contributed by atoms with Gasteiger partial charge in [0.1, 0.15) is 5.75 Å². The molecule has 0 aromatic heterocycles. The normalized spacial score (nSPS) is 14.9. The number of carbonyl (C=O) groups is 1. The van der Waals surface area contributed by atoms with Crippen LogP contribution in [0, 0.1) is 5.92 Å². The zero-order valence-electron chi connectivity index (χ0n) is 9.33. The topological polar surface area (TPSA) is 26.3 Å². The van der Waals surface area contributed by atoms with Crippen molar-refractivity contribution < 1.29 is 9.53 Å². The van der Waals surface area contributed by atoms with Crippen LogP contribution in [0.5, 0.6) is 5.75 Å². The van der Waals surface area contributed by atoms with Gasteiger partial charge in [-0.1, -0.05) is 12.8 Å². The maximum Gasteiger partial charge on any atom is 0.159 e. The molecule has 1 aromatic rings. The van der Waals surface area contributed by atoms with E-state index in [0.29, 0.717) is 5.56 Å². The summed E-state index contributed by atoms with van der Waals surface area (Å²) in [6.45, 7) is 2.33. The zero-order valence-corrected chi connectivity index (χ0v) is 10.9. The first-order chi connectivity index (χ1) is 7.66. The Balaban J connectivity index is 1.95. The van der Waals surface area contributed by atoms with E-state index in [1.54, 1.807) is 13.0 Å².